The molecule has 1 spiro atoms. The highest BCUT2D eigenvalue weighted by Gasteiger charge is 2.44. The summed E-state index contributed by atoms with van der Waals surface area (Å²) in [6.07, 6.45) is 11.1. The van der Waals surface area contributed by atoms with Crippen LogP contribution in [0.25, 0.3) is 11.0 Å². The number of urea groups is 1. The fraction of sp³-hybridized carbons (Fsp3) is 0.455. The Labute approximate surface area is 173 Å². The number of nitrogens with zero attached hydrogens (tertiary/aromatic N) is 1. The second-order valence-electron chi connectivity index (χ2n) is 8.26. The molecule has 2 aliphatic heterocycles. The first-order chi connectivity index (χ1) is 14.0. The highest BCUT2D eigenvalue weighted by Crippen LogP contribution is 2.49. The lowest BCUT2D eigenvalue weighted by molar-refractivity contribution is 0.0760. The highest BCUT2D eigenvalue weighted by atomic mass is 35.5. The number of furan rings is 1. The van der Waals surface area contributed by atoms with E-state index in [-0.39, 0.29) is 23.6 Å². The van der Waals surface area contributed by atoms with Crippen LogP contribution >= 0.6 is 11.6 Å². The summed E-state index contributed by atoms with van der Waals surface area (Å²) >= 11 is 6.54. The van der Waals surface area contributed by atoms with Gasteiger partial charge in [-0.05, 0) is 31.4 Å². The smallest absolute Gasteiger partial charge is 0.319 e. The number of carbonyl (C=O) groups is 2. The molecule has 150 valence electrons. The van der Waals surface area contributed by atoms with Gasteiger partial charge < -0.3 is 20.0 Å². The lowest BCUT2D eigenvalue weighted by Gasteiger charge is -2.42. The first kappa shape index (κ1) is 18.4. The minimum Gasteiger partial charge on any atom is -0.450 e. The Morgan fingerprint density at radius 3 is 2.83 bits per heavy atom. The number of benzene rings is 1. The van der Waals surface area contributed by atoms with Crippen molar-refractivity contribution < 1.29 is 14.0 Å². The van der Waals surface area contributed by atoms with Crippen molar-refractivity contribution in [2.24, 2.45) is 5.92 Å². The minimum atomic E-state index is -0.514. The van der Waals surface area contributed by atoms with Crippen molar-refractivity contribution in [1.82, 2.24) is 10.2 Å². The van der Waals surface area contributed by atoms with Gasteiger partial charge in [0.05, 0.1) is 16.2 Å². The number of rotatable bonds is 1. The molecule has 3 aliphatic rings. The Hall–Kier alpha value is -2.65. The third-order valence-corrected chi connectivity index (χ3v) is 6.76. The molecule has 2 N–H and O–H groups in total. The number of amides is 3. The topological polar surface area (TPSA) is 74.6 Å². The van der Waals surface area contributed by atoms with Crippen LogP contribution < -0.4 is 10.6 Å². The molecule has 6 nitrogen and oxygen atoms in total. The van der Waals surface area contributed by atoms with E-state index in [1.807, 2.05) is 0 Å². The third-order valence-electron chi connectivity index (χ3n) is 6.46. The molecule has 2 aromatic rings. The monoisotopic (exact) mass is 411 g/mol. The second-order valence-corrected chi connectivity index (χ2v) is 8.67. The second kappa shape index (κ2) is 6.70. The van der Waals surface area contributed by atoms with Gasteiger partial charge in [-0.3, -0.25) is 4.79 Å². The van der Waals surface area contributed by atoms with Crippen LogP contribution in [0.4, 0.5) is 10.5 Å². The van der Waals surface area contributed by atoms with E-state index < -0.39 is 5.54 Å². The molecule has 29 heavy (non-hydrogen) atoms. The number of halogens is 1. The molecule has 7 heteroatoms. The van der Waals surface area contributed by atoms with Crippen LogP contribution in [-0.4, -0.2) is 29.9 Å². The predicted octanol–water partition coefficient (Wildman–Crippen LogP) is 4.48. The number of hydrogen-bond donors (Lipinski definition) is 2. The van der Waals surface area contributed by atoms with Crippen molar-refractivity contribution in [3.63, 3.8) is 0 Å². The summed E-state index contributed by atoms with van der Waals surface area (Å²) in [5.74, 6) is 2.95. The van der Waals surface area contributed by atoms with Crippen LogP contribution in [0.15, 0.2) is 16.5 Å². The average molecular weight is 412 g/mol. The van der Waals surface area contributed by atoms with Gasteiger partial charge >= 0.3 is 6.03 Å². The number of hydrogen-bond acceptors (Lipinski definition) is 3. The number of anilines is 1. The van der Waals surface area contributed by atoms with Crippen molar-refractivity contribution in [3.05, 3.63) is 28.5 Å². The maximum atomic E-state index is 13.0. The van der Waals surface area contributed by atoms with Crippen LogP contribution in [0.2, 0.25) is 5.02 Å². The zero-order valence-corrected chi connectivity index (χ0v) is 16.8. The van der Waals surface area contributed by atoms with Gasteiger partial charge in [-0.2, -0.15) is 0 Å². The Morgan fingerprint density at radius 1 is 1.31 bits per heavy atom. The molecule has 2 fully saturated rings. The van der Waals surface area contributed by atoms with E-state index >= 15 is 0 Å². The predicted molar refractivity (Wildman–Crippen MR) is 111 cm³/mol. The molecule has 1 saturated heterocycles. The molecule has 0 bridgehead atoms. The Balaban J connectivity index is 1.62. The number of nitrogens with one attached hydrogen (secondary N) is 2. The molecule has 1 atom stereocenters. The summed E-state index contributed by atoms with van der Waals surface area (Å²) in [6, 6.07) is 3.26. The maximum absolute atomic E-state index is 13.0. The van der Waals surface area contributed by atoms with Crippen LogP contribution in [0.3, 0.4) is 0 Å². The molecule has 3 heterocycles. The summed E-state index contributed by atoms with van der Waals surface area (Å²) in [7, 11) is 0. The minimum absolute atomic E-state index is 0.0930. The van der Waals surface area contributed by atoms with Crippen molar-refractivity contribution in [3.8, 4) is 12.3 Å². The van der Waals surface area contributed by atoms with Gasteiger partial charge in [0.25, 0.3) is 5.91 Å². The number of fused-ring (bicyclic) bond motifs is 4. The van der Waals surface area contributed by atoms with Gasteiger partial charge in [-0.15, -0.1) is 12.3 Å². The van der Waals surface area contributed by atoms with Crippen molar-refractivity contribution in [2.75, 3.05) is 18.4 Å². The number of likely N-dealkylation sites (tertiary alicyclic amines) is 1. The van der Waals surface area contributed by atoms with Gasteiger partial charge in [0, 0.05) is 30.0 Å². The molecule has 1 aromatic carbocycles. The first-order valence-electron chi connectivity index (χ1n) is 10.1. The average Bonchev–Trinajstić information content (AvgIpc) is 3.35. The first-order valence-corrected chi connectivity index (χ1v) is 10.5. The quantitative estimate of drug-likeness (QED) is 0.679. The Kier molecular flexibility index (Phi) is 4.25. The molecule has 1 aliphatic carbocycles. The summed E-state index contributed by atoms with van der Waals surface area (Å²) in [5, 5.41) is 7.20. The van der Waals surface area contributed by atoms with Gasteiger partial charge in [0.1, 0.15) is 5.58 Å². The third kappa shape index (κ3) is 2.87. The fourth-order valence-electron chi connectivity index (χ4n) is 5.03. The zero-order chi connectivity index (χ0) is 20.2. The molecule has 1 saturated carbocycles. The van der Waals surface area contributed by atoms with Gasteiger partial charge in [-0.25, -0.2) is 4.79 Å². The van der Waals surface area contributed by atoms with Crippen molar-refractivity contribution in [2.45, 2.75) is 44.1 Å². The summed E-state index contributed by atoms with van der Waals surface area (Å²) in [4.78, 5) is 27.1. The molecule has 5 rings (SSSR count). The van der Waals surface area contributed by atoms with E-state index in [0.717, 1.165) is 49.5 Å². The van der Waals surface area contributed by atoms with E-state index in [1.165, 1.54) is 0 Å². The van der Waals surface area contributed by atoms with Gasteiger partial charge in [0.2, 0.25) is 0 Å². The van der Waals surface area contributed by atoms with E-state index in [2.05, 4.69) is 16.6 Å². The van der Waals surface area contributed by atoms with Gasteiger partial charge in [0.15, 0.2) is 5.76 Å². The largest absolute Gasteiger partial charge is 0.450 e. The van der Waals surface area contributed by atoms with Crippen LogP contribution in [-0.2, 0) is 5.54 Å². The molecule has 3 amide bonds. The van der Waals surface area contributed by atoms with Gasteiger partial charge in [-0.1, -0.05) is 30.9 Å². The highest BCUT2D eigenvalue weighted by molar-refractivity contribution is 6.35. The van der Waals surface area contributed by atoms with Crippen molar-refractivity contribution >= 4 is 40.2 Å². The van der Waals surface area contributed by atoms with Crippen LogP contribution in [0.1, 0.15) is 54.6 Å². The lowest BCUT2D eigenvalue weighted by Crippen LogP contribution is -2.52. The fourth-order valence-corrected chi connectivity index (χ4v) is 5.28. The van der Waals surface area contributed by atoms with Crippen molar-refractivity contribution in [1.29, 1.82) is 0 Å². The zero-order valence-electron chi connectivity index (χ0n) is 16.0. The van der Waals surface area contributed by atoms with Crippen LogP contribution in [0, 0.1) is 18.3 Å². The normalized spacial score (nSPS) is 22.8. The lowest BCUT2D eigenvalue weighted by atomic mass is 9.74. The molecular weight excluding hydrogens is 390 g/mol. The number of carbonyl (C=O) groups excluding carboxylic acids is 2. The summed E-state index contributed by atoms with van der Waals surface area (Å²) in [6.45, 7) is 1.18. The standard InChI is InChI=1S/C22H22ClN3O3/c1-2-13-6-9-26(12-13)20(27)16-11-14-10-15(23)18-17(19(14)29-16)22(25-21(28)24-18)7-4-3-5-8-22/h1,10-11,13H,3-9,12H2,(H2,24,25,28)/t13-/m1/s1. The summed E-state index contributed by atoms with van der Waals surface area (Å²) in [5.41, 5.74) is 1.56. The Bertz CT molecular complexity index is 1060. The van der Waals surface area contributed by atoms with E-state index in [0.29, 0.717) is 29.4 Å². The Morgan fingerprint density at radius 2 is 2.10 bits per heavy atom. The van der Waals surface area contributed by atoms with E-state index in [9.17, 15) is 9.59 Å². The van der Waals surface area contributed by atoms with E-state index in [4.69, 9.17) is 22.4 Å². The molecule has 0 unspecified atom stereocenters. The van der Waals surface area contributed by atoms with Crippen LogP contribution in [0.5, 0.6) is 0 Å². The molecule has 0 radical (unpaired) electrons. The maximum Gasteiger partial charge on any atom is 0.319 e. The summed E-state index contributed by atoms with van der Waals surface area (Å²) < 4.78 is 6.13. The molecule has 1 aromatic heterocycles. The molecular formula is C22H22ClN3O3. The SMILES string of the molecule is C#C[C@@H]1CCN(C(=O)c2cc3cc(Cl)c4c(c3o2)C2(CCCCC2)NC(=O)N4)C1. The van der Waals surface area contributed by atoms with E-state index in [1.54, 1.807) is 17.0 Å². The number of terminal acetylenes is 1.